The van der Waals surface area contributed by atoms with Gasteiger partial charge in [-0.25, -0.2) is 4.79 Å². The minimum atomic E-state index is -1.51. The summed E-state index contributed by atoms with van der Waals surface area (Å²) < 4.78 is 0. The van der Waals surface area contributed by atoms with Crippen LogP contribution in [-0.2, 0) is 24.0 Å². The lowest BCUT2D eigenvalue weighted by atomic mass is 10.1. The molecular weight excluding hydrogens is 404 g/mol. The van der Waals surface area contributed by atoms with Crippen LogP contribution in [0.3, 0.4) is 0 Å². The first-order chi connectivity index (χ1) is 14.0. The van der Waals surface area contributed by atoms with Crippen molar-refractivity contribution in [1.82, 2.24) is 15.5 Å². The Kier molecular flexibility index (Phi) is 9.62. The number of hydrogen-bond acceptors (Lipinski definition) is 8. The molecule has 30 heavy (non-hydrogen) atoms. The number of rotatable bonds is 11. The summed E-state index contributed by atoms with van der Waals surface area (Å²) in [5, 5.41) is 41.5. The Labute approximate surface area is 172 Å². The van der Waals surface area contributed by atoms with Crippen LogP contribution >= 0.6 is 0 Å². The van der Waals surface area contributed by atoms with Crippen LogP contribution in [0.4, 0.5) is 0 Å². The third-order valence-corrected chi connectivity index (χ3v) is 4.68. The highest BCUT2D eigenvalue weighted by molar-refractivity contribution is 5.94. The average Bonchev–Trinajstić information content (AvgIpc) is 3.17. The molecule has 170 valence electrons. The fourth-order valence-electron chi connectivity index (χ4n) is 3.01. The summed E-state index contributed by atoms with van der Waals surface area (Å²) >= 11 is 0. The van der Waals surface area contributed by atoms with Crippen LogP contribution in [-0.4, -0.2) is 98.4 Å². The average molecular weight is 432 g/mol. The van der Waals surface area contributed by atoms with Crippen molar-refractivity contribution in [2.45, 2.75) is 62.9 Å². The molecule has 1 heterocycles. The van der Waals surface area contributed by atoms with E-state index in [9.17, 15) is 34.2 Å². The van der Waals surface area contributed by atoms with Gasteiger partial charge in [0.05, 0.1) is 12.7 Å². The molecule has 0 aromatic heterocycles. The molecular formula is C17H28N4O9. The van der Waals surface area contributed by atoms with Crippen LogP contribution < -0.4 is 16.4 Å². The second-order valence-corrected chi connectivity index (χ2v) is 7.04. The number of carboxylic acids is 2. The van der Waals surface area contributed by atoms with Gasteiger partial charge in [0.25, 0.3) is 0 Å². The standard InChI is InChI=1S/C17H28N4O9/c1-8(23)13(16(28)21-6-2-3-11(21)17(29)30)20-15(27)10(4-5-12(24)25)19-14(26)9(18)7-22/h8-11,13,22-23H,2-7,18H2,1H3,(H,19,26)(H,20,27)(H,24,25)(H,29,30). The Balaban J connectivity index is 2.97. The summed E-state index contributed by atoms with van der Waals surface area (Å²) in [5.41, 5.74) is 5.38. The monoisotopic (exact) mass is 432 g/mol. The molecule has 13 nitrogen and oxygen atoms in total. The van der Waals surface area contributed by atoms with Crippen LogP contribution in [0.2, 0.25) is 0 Å². The first kappa shape index (κ1) is 25.3. The quantitative estimate of drug-likeness (QED) is 0.171. The van der Waals surface area contributed by atoms with Crippen molar-refractivity contribution >= 4 is 29.7 Å². The van der Waals surface area contributed by atoms with E-state index in [4.69, 9.17) is 15.9 Å². The van der Waals surface area contributed by atoms with Crippen LogP contribution in [0.25, 0.3) is 0 Å². The Hall–Kier alpha value is -2.77. The summed E-state index contributed by atoms with van der Waals surface area (Å²) in [6, 6.07) is -5.34. The molecule has 0 radical (unpaired) electrons. The molecule has 0 bridgehead atoms. The van der Waals surface area contributed by atoms with Crippen molar-refractivity contribution < 1.29 is 44.4 Å². The summed E-state index contributed by atoms with van der Waals surface area (Å²) in [7, 11) is 0. The van der Waals surface area contributed by atoms with Crippen LogP contribution in [0, 0.1) is 0 Å². The van der Waals surface area contributed by atoms with Gasteiger partial charge in [0.2, 0.25) is 17.7 Å². The van der Waals surface area contributed by atoms with Crippen molar-refractivity contribution in [3.05, 3.63) is 0 Å². The van der Waals surface area contributed by atoms with Crippen LogP contribution in [0.15, 0.2) is 0 Å². The second kappa shape index (κ2) is 11.4. The molecule has 0 saturated carbocycles. The number of aliphatic hydroxyl groups is 2. The van der Waals surface area contributed by atoms with Gasteiger partial charge in [0.1, 0.15) is 24.2 Å². The highest BCUT2D eigenvalue weighted by Crippen LogP contribution is 2.19. The molecule has 1 rings (SSSR count). The second-order valence-electron chi connectivity index (χ2n) is 7.04. The Bertz CT molecular complexity index is 670. The number of aliphatic hydroxyl groups excluding tert-OH is 2. The van der Waals surface area contributed by atoms with Crippen LogP contribution in [0.1, 0.15) is 32.6 Å². The molecule has 1 aliphatic rings. The van der Waals surface area contributed by atoms with Crippen molar-refractivity contribution in [2.75, 3.05) is 13.2 Å². The van der Waals surface area contributed by atoms with Gasteiger partial charge in [-0.15, -0.1) is 0 Å². The minimum Gasteiger partial charge on any atom is -0.481 e. The molecule has 0 aromatic carbocycles. The molecule has 5 unspecified atom stereocenters. The SMILES string of the molecule is CC(O)C(NC(=O)C(CCC(=O)O)NC(=O)C(N)CO)C(=O)N1CCCC1C(=O)O. The maximum Gasteiger partial charge on any atom is 0.326 e. The summed E-state index contributed by atoms with van der Waals surface area (Å²) in [6.07, 6.45) is -1.55. The molecule has 0 aliphatic carbocycles. The number of carbonyl (C=O) groups is 5. The van der Waals surface area contributed by atoms with E-state index in [1.165, 1.54) is 6.92 Å². The number of nitrogens with two attached hydrogens (primary N) is 1. The Morgan fingerprint density at radius 2 is 1.77 bits per heavy atom. The highest BCUT2D eigenvalue weighted by atomic mass is 16.4. The third kappa shape index (κ3) is 6.93. The zero-order valence-electron chi connectivity index (χ0n) is 16.5. The largest absolute Gasteiger partial charge is 0.481 e. The van der Waals surface area contributed by atoms with E-state index in [2.05, 4.69) is 10.6 Å². The van der Waals surface area contributed by atoms with Gasteiger partial charge in [-0.1, -0.05) is 0 Å². The molecule has 0 spiro atoms. The van der Waals surface area contributed by atoms with Gasteiger partial charge in [0.15, 0.2) is 0 Å². The van der Waals surface area contributed by atoms with E-state index >= 15 is 0 Å². The molecule has 1 aliphatic heterocycles. The number of amides is 3. The Morgan fingerprint density at radius 3 is 2.27 bits per heavy atom. The first-order valence-corrected chi connectivity index (χ1v) is 9.39. The van der Waals surface area contributed by atoms with Gasteiger partial charge >= 0.3 is 11.9 Å². The molecule has 1 saturated heterocycles. The number of nitrogens with one attached hydrogen (secondary N) is 2. The third-order valence-electron chi connectivity index (χ3n) is 4.68. The zero-order valence-corrected chi connectivity index (χ0v) is 16.5. The fraction of sp³-hybridized carbons (Fsp3) is 0.706. The highest BCUT2D eigenvalue weighted by Gasteiger charge is 2.40. The number of aliphatic carboxylic acids is 2. The maximum absolute atomic E-state index is 12.8. The van der Waals surface area contributed by atoms with Gasteiger partial charge in [0, 0.05) is 13.0 Å². The van der Waals surface area contributed by atoms with Crippen molar-refractivity contribution in [1.29, 1.82) is 0 Å². The van der Waals surface area contributed by atoms with E-state index in [-0.39, 0.29) is 19.4 Å². The summed E-state index contributed by atoms with van der Waals surface area (Å²) in [5.74, 6) is -5.12. The number of nitrogens with zero attached hydrogens (tertiary/aromatic N) is 1. The number of carboxylic acid groups (broad SMARTS) is 2. The molecule has 5 atom stereocenters. The Morgan fingerprint density at radius 1 is 1.13 bits per heavy atom. The topological polar surface area (TPSA) is 220 Å². The molecule has 0 aromatic rings. The lowest BCUT2D eigenvalue weighted by Crippen LogP contribution is -2.60. The maximum atomic E-state index is 12.8. The van der Waals surface area contributed by atoms with E-state index < -0.39 is 73.0 Å². The van der Waals surface area contributed by atoms with Crippen molar-refractivity contribution in [3.8, 4) is 0 Å². The van der Waals surface area contributed by atoms with E-state index in [1.807, 2.05) is 0 Å². The lowest BCUT2D eigenvalue weighted by molar-refractivity contribution is -0.150. The molecule has 1 fully saturated rings. The van der Waals surface area contributed by atoms with Crippen molar-refractivity contribution in [3.63, 3.8) is 0 Å². The minimum absolute atomic E-state index is 0.138. The van der Waals surface area contributed by atoms with E-state index in [1.54, 1.807) is 0 Å². The smallest absolute Gasteiger partial charge is 0.326 e. The molecule has 8 N–H and O–H groups in total. The van der Waals surface area contributed by atoms with Gasteiger partial charge < -0.3 is 41.7 Å². The number of likely N-dealkylation sites (tertiary alicyclic amines) is 1. The normalized spacial score (nSPS) is 20.0. The lowest BCUT2D eigenvalue weighted by Gasteiger charge is -2.30. The first-order valence-electron chi connectivity index (χ1n) is 9.39. The fourth-order valence-corrected chi connectivity index (χ4v) is 3.01. The summed E-state index contributed by atoms with van der Waals surface area (Å²) in [4.78, 5) is 60.5. The summed E-state index contributed by atoms with van der Waals surface area (Å²) in [6.45, 7) is 0.653. The molecule has 13 heteroatoms. The van der Waals surface area contributed by atoms with Crippen LogP contribution in [0.5, 0.6) is 0 Å². The predicted molar refractivity (Wildman–Crippen MR) is 99.8 cm³/mol. The number of hydrogen-bond donors (Lipinski definition) is 7. The van der Waals surface area contributed by atoms with Crippen molar-refractivity contribution in [2.24, 2.45) is 5.73 Å². The van der Waals surface area contributed by atoms with Gasteiger partial charge in [-0.05, 0) is 26.2 Å². The zero-order chi connectivity index (χ0) is 23.0. The van der Waals surface area contributed by atoms with Gasteiger partial charge in [-0.2, -0.15) is 0 Å². The van der Waals surface area contributed by atoms with Gasteiger partial charge in [-0.3, -0.25) is 19.2 Å². The van der Waals surface area contributed by atoms with E-state index in [0.29, 0.717) is 6.42 Å². The predicted octanol–water partition coefficient (Wildman–Crippen LogP) is -3.40. The molecule has 3 amide bonds. The number of carbonyl (C=O) groups excluding carboxylic acids is 3. The van der Waals surface area contributed by atoms with E-state index in [0.717, 1.165) is 4.90 Å².